The van der Waals surface area contributed by atoms with Gasteiger partial charge in [-0.2, -0.15) is 0 Å². The fourth-order valence-electron chi connectivity index (χ4n) is 4.47. The third kappa shape index (κ3) is 5.16. The lowest BCUT2D eigenvalue weighted by Crippen LogP contribution is -2.26. The molecule has 1 amide bonds. The van der Waals surface area contributed by atoms with Crippen molar-refractivity contribution in [2.45, 2.75) is 13.5 Å². The summed E-state index contributed by atoms with van der Waals surface area (Å²) in [6, 6.07) is 20.0. The zero-order valence-electron chi connectivity index (χ0n) is 22.2. The predicted molar refractivity (Wildman–Crippen MR) is 149 cm³/mol. The highest BCUT2D eigenvalue weighted by molar-refractivity contribution is 6.05. The van der Waals surface area contributed by atoms with E-state index in [1.807, 2.05) is 18.2 Å². The van der Waals surface area contributed by atoms with Crippen molar-refractivity contribution in [2.24, 2.45) is 0 Å². The smallest absolute Gasteiger partial charge is 0.284 e. The summed E-state index contributed by atoms with van der Waals surface area (Å²) in [5, 5.41) is 3.33. The van der Waals surface area contributed by atoms with Gasteiger partial charge in [-0.3, -0.25) is 19.3 Å². The highest BCUT2D eigenvalue weighted by Crippen LogP contribution is 2.33. The number of methoxy groups -OCH3 is 2. The van der Waals surface area contributed by atoms with E-state index in [-0.39, 0.29) is 17.0 Å². The number of nitrogens with zero attached hydrogens (tertiary/aromatic N) is 3. The summed E-state index contributed by atoms with van der Waals surface area (Å²) in [6.07, 6.45) is 1.56. The number of carbonyl (C=O) groups is 1. The number of amides is 1. The molecule has 0 aliphatic carbocycles. The van der Waals surface area contributed by atoms with Gasteiger partial charge in [-0.1, -0.05) is 18.2 Å². The molecule has 0 saturated heterocycles. The number of para-hydroxylation sites is 1. The van der Waals surface area contributed by atoms with E-state index in [9.17, 15) is 9.59 Å². The second kappa shape index (κ2) is 11.4. The third-order valence-electron chi connectivity index (χ3n) is 6.45. The number of aromatic nitrogens is 3. The fraction of sp³-hybridized carbons (Fsp3) is 0.167. The normalized spacial score (nSPS) is 11.0. The van der Waals surface area contributed by atoms with E-state index in [1.165, 1.54) is 16.8 Å². The molecular formula is C30H27FN4O5. The first-order valence-corrected chi connectivity index (χ1v) is 12.5. The Bertz CT molecular complexity index is 1750. The number of halogens is 1. The summed E-state index contributed by atoms with van der Waals surface area (Å²) >= 11 is 0. The number of hydrogen-bond donors (Lipinski definition) is 1. The number of fused-ring (bicyclic) bond motifs is 1. The lowest BCUT2D eigenvalue weighted by molar-refractivity contribution is 0.102. The predicted octanol–water partition coefficient (Wildman–Crippen LogP) is 5.33. The van der Waals surface area contributed by atoms with Gasteiger partial charge in [0.1, 0.15) is 17.1 Å². The summed E-state index contributed by atoms with van der Waals surface area (Å²) < 4.78 is 34.5. The number of rotatable bonds is 9. The molecule has 0 unspecified atom stereocenters. The molecule has 0 atom stereocenters. The van der Waals surface area contributed by atoms with E-state index in [1.54, 1.807) is 68.4 Å². The van der Waals surface area contributed by atoms with E-state index in [2.05, 4.69) is 10.3 Å². The molecule has 2 heterocycles. The number of anilines is 1. The van der Waals surface area contributed by atoms with E-state index in [4.69, 9.17) is 14.2 Å². The molecule has 40 heavy (non-hydrogen) atoms. The molecule has 0 aliphatic rings. The molecule has 0 saturated carbocycles. The van der Waals surface area contributed by atoms with Crippen molar-refractivity contribution in [3.05, 3.63) is 106 Å². The number of carbonyl (C=O) groups excluding carboxylic acids is 1. The SMILES string of the molecule is COCCn1c(C)c(C(=O)Nc2ccc(Oc3ccnc4cc(OC)ccc34)c(F)c2)c(=O)n1-c1ccccc1. The minimum absolute atomic E-state index is 0.0327. The van der Waals surface area contributed by atoms with Gasteiger partial charge in [-0.15, -0.1) is 0 Å². The van der Waals surface area contributed by atoms with Crippen LogP contribution in [0.3, 0.4) is 0 Å². The zero-order valence-corrected chi connectivity index (χ0v) is 22.2. The highest BCUT2D eigenvalue weighted by atomic mass is 19.1. The first-order valence-electron chi connectivity index (χ1n) is 12.5. The molecule has 0 radical (unpaired) electrons. The van der Waals surface area contributed by atoms with Crippen molar-refractivity contribution in [3.63, 3.8) is 0 Å². The molecule has 5 rings (SSSR count). The van der Waals surface area contributed by atoms with Gasteiger partial charge in [0.05, 0.1) is 37.2 Å². The third-order valence-corrected chi connectivity index (χ3v) is 6.45. The van der Waals surface area contributed by atoms with Crippen molar-refractivity contribution in [1.29, 1.82) is 0 Å². The minimum atomic E-state index is -0.688. The van der Waals surface area contributed by atoms with Crippen molar-refractivity contribution >= 4 is 22.5 Å². The van der Waals surface area contributed by atoms with Gasteiger partial charge in [-0.25, -0.2) is 9.07 Å². The summed E-state index contributed by atoms with van der Waals surface area (Å²) in [7, 11) is 3.13. The Morgan fingerprint density at radius 2 is 1.80 bits per heavy atom. The fourth-order valence-corrected chi connectivity index (χ4v) is 4.47. The van der Waals surface area contributed by atoms with Crippen LogP contribution in [0.4, 0.5) is 10.1 Å². The molecule has 0 fully saturated rings. The maximum absolute atomic E-state index is 15.1. The van der Waals surface area contributed by atoms with Crippen molar-refractivity contribution in [1.82, 2.24) is 14.3 Å². The van der Waals surface area contributed by atoms with Crippen LogP contribution in [-0.2, 0) is 11.3 Å². The number of hydrogen-bond acceptors (Lipinski definition) is 6. The van der Waals surface area contributed by atoms with E-state index >= 15 is 4.39 Å². The Hall–Kier alpha value is -4.96. The molecule has 3 aromatic carbocycles. The Morgan fingerprint density at radius 1 is 1.00 bits per heavy atom. The van der Waals surface area contributed by atoms with Crippen LogP contribution in [0.2, 0.25) is 0 Å². The van der Waals surface area contributed by atoms with E-state index in [0.717, 1.165) is 6.07 Å². The van der Waals surface area contributed by atoms with Gasteiger partial charge in [0.25, 0.3) is 11.5 Å². The molecule has 0 bridgehead atoms. The maximum Gasteiger partial charge on any atom is 0.284 e. The minimum Gasteiger partial charge on any atom is -0.497 e. The van der Waals surface area contributed by atoms with Crippen molar-refractivity contribution in [2.75, 3.05) is 26.1 Å². The highest BCUT2D eigenvalue weighted by Gasteiger charge is 2.24. The standard InChI is InChI=1S/C30H27FN4O5/c1-19-28(30(37)35(34(19)15-16-38-2)21-7-5-4-6-8-21)29(36)33-20-9-12-27(24(31)17-20)40-26-13-14-32-25-18-22(39-3)10-11-23(25)26/h4-14,17-18H,15-16H2,1-3H3,(H,33,36). The molecule has 9 nitrogen and oxygen atoms in total. The topological polar surface area (TPSA) is 96.6 Å². The average Bonchev–Trinajstić information content (AvgIpc) is 3.22. The van der Waals surface area contributed by atoms with Crippen LogP contribution in [0.15, 0.2) is 83.8 Å². The van der Waals surface area contributed by atoms with Gasteiger partial charge < -0.3 is 19.5 Å². The van der Waals surface area contributed by atoms with Crippen LogP contribution in [0.1, 0.15) is 16.1 Å². The molecule has 5 aromatic rings. The van der Waals surface area contributed by atoms with Crippen LogP contribution < -0.4 is 20.3 Å². The molecule has 1 N–H and O–H groups in total. The Kier molecular flexibility index (Phi) is 7.61. The van der Waals surface area contributed by atoms with Crippen molar-refractivity contribution in [3.8, 4) is 22.9 Å². The Labute approximate surface area is 229 Å². The number of benzene rings is 3. The second-order valence-electron chi connectivity index (χ2n) is 8.92. The molecule has 204 valence electrons. The monoisotopic (exact) mass is 542 g/mol. The van der Waals surface area contributed by atoms with E-state index < -0.39 is 17.3 Å². The Morgan fingerprint density at radius 3 is 2.52 bits per heavy atom. The largest absolute Gasteiger partial charge is 0.497 e. The molecular weight excluding hydrogens is 515 g/mol. The van der Waals surface area contributed by atoms with Gasteiger partial charge >= 0.3 is 0 Å². The molecule has 2 aromatic heterocycles. The quantitative estimate of drug-likeness (QED) is 0.270. The van der Waals surface area contributed by atoms with Crippen LogP contribution in [-0.4, -0.2) is 41.1 Å². The summed E-state index contributed by atoms with van der Waals surface area (Å²) in [4.78, 5) is 31.0. The molecule has 0 spiro atoms. The summed E-state index contributed by atoms with van der Waals surface area (Å²) in [6.45, 7) is 2.39. The van der Waals surface area contributed by atoms with Crippen LogP contribution in [0.25, 0.3) is 16.6 Å². The van der Waals surface area contributed by atoms with Crippen LogP contribution >= 0.6 is 0 Å². The number of pyridine rings is 1. The summed E-state index contributed by atoms with van der Waals surface area (Å²) in [5.74, 6) is -0.312. The van der Waals surface area contributed by atoms with Crippen molar-refractivity contribution < 1.29 is 23.4 Å². The average molecular weight is 543 g/mol. The number of ether oxygens (including phenoxy) is 3. The van der Waals surface area contributed by atoms with Crippen LogP contribution in [0.5, 0.6) is 17.2 Å². The molecule has 10 heteroatoms. The Balaban J connectivity index is 1.41. The van der Waals surface area contributed by atoms with Gasteiger partial charge in [0.15, 0.2) is 11.6 Å². The molecule has 0 aliphatic heterocycles. The second-order valence-corrected chi connectivity index (χ2v) is 8.92. The van der Waals surface area contributed by atoms with Gasteiger partial charge in [-0.05, 0) is 49.4 Å². The van der Waals surface area contributed by atoms with Gasteiger partial charge in [0.2, 0.25) is 0 Å². The van der Waals surface area contributed by atoms with Crippen LogP contribution in [0, 0.1) is 12.7 Å². The number of nitrogens with one attached hydrogen (secondary N) is 1. The summed E-state index contributed by atoms with van der Waals surface area (Å²) in [5.41, 5.74) is 1.35. The first-order chi connectivity index (χ1) is 19.4. The lowest BCUT2D eigenvalue weighted by Gasteiger charge is -2.13. The first kappa shape index (κ1) is 26.6. The lowest BCUT2D eigenvalue weighted by atomic mass is 10.2. The zero-order chi connectivity index (χ0) is 28.2. The van der Waals surface area contributed by atoms with E-state index in [0.29, 0.717) is 46.9 Å². The van der Waals surface area contributed by atoms with Gasteiger partial charge in [0, 0.05) is 36.5 Å². The maximum atomic E-state index is 15.1.